The van der Waals surface area contributed by atoms with E-state index in [-0.39, 0.29) is 17.9 Å². The molecule has 6 rings (SSSR count). The monoisotopic (exact) mass is 551 g/mol. The van der Waals surface area contributed by atoms with Crippen LogP contribution in [0, 0.1) is 0 Å². The quantitative estimate of drug-likeness (QED) is 0.131. The van der Waals surface area contributed by atoms with Crippen LogP contribution in [0.3, 0.4) is 0 Å². The van der Waals surface area contributed by atoms with Gasteiger partial charge in [-0.15, -0.1) is 0 Å². The van der Waals surface area contributed by atoms with Gasteiger partial charge in [-0.05, 0) is 42.8 Å². The number of carbonyl (C=O) groups is 1. The van der Waals surface area contributed by atoms with Crippen LogP contribution >= 0.6 is 0 Å². The van der Waals surface area contributed by atoms with Crippen LogP contribution in [0.2, 0.25) is 0 Å². The normalized spacial score (nSPS) is 12.0. The van der Waals surface area contributed by atoms with Crippen LogP contribution in [0.4, 0.5) is 11.5 Å². The highest BCUT2D eigenvalue weighted by atomic mass is 16.5. The van der Waals surface area contributed by atoms with Crippen molar-refractivity contribution in [2.24, 2.45) is 0 Å². The third-order valence-corrected chi connectivity index (χ3v) is 6.63. The Morgan fingerprint density at radius 3 is 2.73 bits per heavy atom. The van der Waals surface area contributed by atoms with Crippen molar-refractivity contribution in [2.75, 3.05) is 10.6 Å². The molecule has 1 atom stereocenters. The van der Waals surface area contributed by atoms with E-state index in [1.165, 1.54) is 12.4 Å². The molecule has 206 valence electrons. The average Bonchev–Trinajstić information content (AvgIpc) is 3.69. The van der Waals surface area contributed by atoms with Crippen molar-refractivity contribution in [3.05, 3.63) is 101 Å². The molecule has 2 aromatic carbocycles. The van der Waals surface area contributed by atoms with E-state index in [0.717, 1.165) is 0 Å². The third kappa shape index (κ3) is 4.85. The molecule has 0 saturated heterocycles. The predicted octanol–water partition coefficient (Wildman–Crippen LogP) is 3.94. The average molecular weight is 552 g/mol. The number of para-hydroxylation sites is 1. The zero-order valence-electron chi connectivity index (χ0n) is 21.8. The number of carbonyl (C=O) groups excluding carboxylic acids is 1. The van der Waals surface area contributed by atoms with Crippen LogP contribution in [-0.4, -0.2) is 40.6 Å². The number of rotatable bonds is 9. The van der Waals surface area contributed by atoms with Crippen LogP contribution < -0.4 is 21.7 Å². The molecule has 1 amide bonds. The molecule has 13 nitrogen and oxygen atoms in total. The second-order valence-electron chi connectivity index (χ2n) is 9.13. The minimum atomic E-state index is -0.752. The molecule has 41 heavy (non-hydrogen) atoms. The molecular weight excluding hydrogens is 526 g/mol. The first-order chi connectivity index (χ1) is 20.1. The van der Waals surface area contributed by atoms with E-state index in [1.54, 1.807) is 34.6 Å². The van der Waals surface area contributed by atoms with E-state index in [1.807, 2.05) is 43.3 Å². The van der Waals surface area contributed by atoms with Crippen molar-refractivity contribution < 1.29 is 14.4 Å². The number of nitrogens with one attached hydrogen (secondary N) is 4. The molecule has 0 aliphatic heterocycles. The number of furan rings is 1. The Morgan fingerprint density at radius 1 is 1.07 bits per heavy atom. The van der Waals surface area contributed by atoms with Crippen LogP contribution in [0.5, 0.6) is 0 Å². The van der Waals surface area contributed by atoms with Crippen molar-refractivity contribution in [3.8, 4) is 5.69 Å². The summed E-state index contributed by atoms with van der Waals surface area (Å²) < 4.78 is 7.09. The molecule has 0 bridgehead atoms. The number of amides is 1. The Bertz CT molecular complexity index is 1910. The Balaban J connectivity index is 1.44. The Morgan fingerprint density at radius 2 is 1.93 bits per heavy atom. The molecule has 13 heteroatoms. The summed E-state index contributed by atoms with van der Waals surface area (Å²) in [6.07, 6.45) is 3.60. The molecule has 0 aliphatic carbocycles. The summed E-state index contributed by atoms with van der Waals surface area (Å²) in [7, 11) is 0. The highest BCUT2D eigenvalue weighted by molar-refractivity contribution is 5.91. The number of H-pyrrole nitrogens is 1. The maximum absolute atomic E-state index is 14.3. The second-order valence-corrected chi connectivity index (χ2v) is 9.13. The number of hydroxylamine groups is 1. The SMILES string of the molecule is CCC(Nc1ncnc2[nH]cnc12)c1nc2cccc(NCc3ccc(C(=O)NO)o3)c2c(=O)n1-c1ccccc1. The van der Waals surface area contributed by atoms with Crippen molar-refractivity contribution >= 4 is 39.5 Å². The van der Waals surface area contributed by atoms with Gasteiger partial charge in [-0.2, -0.15) is 0 Å². The first-order valence-corrected chi connectivity index (χ1v) is 12.9. The number of anilines is 2. The van der Waals surface area contributed by atoms with Crippen molar-refractivity contribution in [3.63, 3.8) is 0 Å². The number of nitrogens with zero attached hydrogens (tertiary/aromatic N) is 5. The summed E-state index contributed by atoms with van der Waals surface area (Å²) in [6.45, 7) is 2.19. The van der Waals surface area contributed by atoms with Crippen LogP contribution in [0.15, 0.2) is 82.5 Å². The maximum Gasteiger partial charge on any atom is 0.310 e. The molecule has 0 spiro atoms. The first kappa shape index (κ1) is 25.7. The molecule has 4 aromatic heterocycles. The van der Waals surface area contributed by atoms with E-state index in [0.29, 0.717) is 57.3 Å². The van der Waals surface area contributed by atoms with Crippen LogP contribution in [0.1, 0.15) is 41.5 Å². The summed E-state index contributed by atoms with van der Waals surface area (Å²) in [5, 5.41) is 15.9. The minimum Gasteiger partial charge on any atom is -0.454 e. The van der Waals surface area contributed by atoms with E-state index in [4.69, 9.17) is 14.6 Å². The lowest BCUT2D eigenvalue weighted by molar-refractivity contribution is 0.0674. The van der Waals surface area contributed by atoms with Crippen LogP contribution in [0.25, 0.3) is 27.8 Å². The number of hydrogen-bond acceptors (Lipinski definition) is 10. The highest BCUT2D eigenvalue weighted by Crippen LogP contribution is 2.28. The lowest BCUT2D eigenvalue weighted by Crippen LogP contribution is -2.28. The van der Waals surface area contributed by atoms with Gasteiger partial charge in [0.25, 0.3) is 5.56 Å². The lowest BCUT2D eigenvalue weighted by Gasteiger charge is -2.22. The summed E-state index contributed by atoms with van der Waals surface area (Å²) in [6, 6.07) is 17.4. The molecule has 1 unspecified atom stereocenters. The standard InChI is InChI=1S/C28H25N9O4/c1-2-18(34-25-23-24(31-14-30-23)32-15-33-25)26-35-20-10-6-9-19(29-13-17-11-12-21(41-17)27(38)36-40)22(20)28(39)37(26)16-7-4-3-5-8-16/h3-12,14-15,18,29,40H,2,13H2,1H3,(H,36,38)(H2,30,31,32,33,34). The summed E-state index contributed by atoms with van der Waals surface area (Å²) >= 11 is 0. The van der Waals surface area contributed by atoms with Gasteiger partial charge in [-0.1, -0.05) is 31.2 Å². The number of benzene rings is 2. The van der Waals surface area contributed by atoms with Crippen molar-refractivity contribution in [1.82, 2.24) is 35.0 Å². The topological polar surface area (TPSA) is 176 Å². The summed E-state index contributed by atoms with van der Waals surface area (Å²) in [5.41, 5.74) is 4.19. The van der Waals surface area contributed by atoms with Gasteiger partial charge in [-0.25, -0.2) is 25.4 Å². The number of aromatic amines is 1. The van der Waals surface area contributed by atoms with Gasteiger partial charge in [0.15, 0.2) is 17.2 Å². The molecule has 0 fully saturated rings. The molecule has 6 aromatic rings. The largest absolute Gasteiger partial charge is 0.454 e. The maximum atomic E-state index is 14.3. The third-order valence-electron chi connectivity index (χ3n) is 6.63. The van der Waals surface area contributed by atoms with Gasteiger partial charge < -0.3 is 20.0 Å². The number of fused-ring (bicyclic) bond motifs is 2. The molecule has 4 heterocycles. The van der Waals surface area contributed by atoms with Crippen molar-refractivity contribution in [2.45, 2.75) is 25.9 Å². The van der Waals surface area contributed by atoms with Gasteiger partial charge in [0, 0.05) is 5.69 Å². The molecule has 5 N–H and O–H groups in total. The highest BCUT2D eigenvalue weighted by Gasteiger charge is 2.23. The zero-order valence-corrected chi connectivity index (χ0v) is 21.8. The fraction of sp³-hybridized carbons (Fsp3) is 0.143. The lowest BCUT2D eigenvalue weighted by atomic mass is 10.1. The number of imidazole rings is 1. The van der Waals surface area contributed by atoms with E-state index >= 15 is 0 Å². The van der Waals surface area contributed by atoms with Gasteiger partial charge in [-0.3, -0.25) is 19.4 Å². The van der Waals surface area contributed by atoms with Gasteiger partial charge in [0.2, 0.25) is 0 Å². The van der Waals surface area contributed by atoms with Gasteiger partial charge in [0.1, 0.15) is 23.4 Å². The van der Waals surface area contributed by atoms with E-state index < -0.39 is 11.9 Å². The Hall–Kier alpha value is -5.56. The van der Waals surface area contributed by atoms with Crippen molar-refractivity contribution in [1.29, 1.82) is 0 Å². The molecule has 0 aliphatic rings. The number of hydrogen-bond donors (Lipinski definition) is 5. The molecule has 0 radical (unpaired) electrons. The molecular formula is C28H25N9O4. The fourth-order valence-electron chi connectivity index (χ4n) is 4.67. The minimum absolute atomic E-state index is 0.0335. The zero-order chi connectivity index (χ0) is 28.3. The van der Waals surface area contributed by atoms with Gasteiger partial charge in [0.05, 0.1) is 35.5 Å². The summed E-state index contributed by atoms with van der Waals surface area (Å²) in [4.78, 5) is 46.8. The second kappa shape index (κ2) is 10.9. The smallest absolute Gasteiger partial charge is 0.310 e. The first-order valence-electron chi connectivity index (χ1n) is 12.9. The van der Waals surface area contributed by atoms with Crippen LogP contribution in [-0.2, 0) is 6.54 Å². The Kier molecular flexibility index (Phi) is 6.83. The van der Waals surface area contributed by atoms with E-state index in [2.05, 4.69) is 30.6 Å². The predicted molar refractivity (Wildman–Crippen MR) is 151 cm³/mol. The van der Waals surface area contributed by atoms with Gasteiger partial charge >= 0.3 is 5.91 Å². The fourth-order valence-corrected chi connectivity index (χ4v) is 4.67. The summed E-state index contributed by atoms with van der Waals surface area (Å²) in [5.74, 6) is 0.701. The van der Waals surface area contributed by atoms with E-state index in [9.17, 15) is 9.59 Å². The molecule has 0 saturated carbocycles. The number of aromatic nitrogens is 6. The Labute approximate surface area is 232 Å².